The van der Waals surface area contributed by atoms with Gasteiger partial charge in [0.15, 0.2) is 5.58 Å². The van der Waals surface area contributed by atoms with Crippen molar-refractivity contribution in [3.05, 3.63) is 81.9 Å². The van der Waals surface area contributed by atoms with Crippen LogP contribution in [0.2, 0.25) is 5.02 Å². The summed E-state index contributed by atoms with van der Waals surface area (Å²) in [7, 11) is 0. The van der Waals surface area contributed by atoms with Crippen LogP contribution in [0, 0.1) is 20.8 Å². The lowest BCUT2D eigenvalue weighted by molar-refractivity contribution is 0.102. The second kappa shape index (κ2) is 7.13. The number of amides is 1. The highest BCUT2D eigenvalue weighted by molar-refractivity contribution is 6.34. The van der Waals surface area contributed by atoms with Gasteiger partial charge in [-0.3, -0.25) is 4.79 Å². The molecule has 4 aromatic rings. The fourth-order valence-electron chi connectivity index (χ4n) is 3.21. The summed E-state index contributed by atoms with van der Waals surface area (Å²) in [6.07, 6.45) is 0. The molecule has 3 aromatic carbocycles. The largest absolute Gasteiger partial charge is 0.436 e. The zero-order valence-electron chi connectivity index (χ0n) is 15.8. The molecule has 140 valence electrons. The lowest BCUT2D eigenvalue weighted by Gasteiger charge is -2.10. The summed E-state index contributed by atoms with van der Waals surface area (Å²) < 4.78 is 5.88. The number of rotatable bonds is 3. The molecule has 28 heavy (non-hydrogen) atoms. The number of fused-ring (bicyclic) bond motifs is 1. The number of hydrogen-bond donors (Lipinski definition) is 1. The summed E-state index contributed by atoms with van der Waals surface area (Å²) in [5.41, 5.74) is 6.54. The number of nitrogens with one attached hydrogen (secondary N) is 1. The summed E-state index contributed by atoms with van der Waals surface area (Å²) in [5.74, 6) is 0.276. The van der Waals surface area contributed by atoms with Gasteiger partial charge in [-0.25, -0.2) is 4.98 Å². The number of oxazole rings is 1. The Bertz CT molecular complexity index is 1190. The monoisotopic (exact) mass is 390 g/mol. The van der Waals surface area contributed by atoms with Crippen LogP contribution < -0.4 is 5.32 Å². The predicted octanol–water partition coefficient (Wildman–Crippen LogP) is 6.33. The first-order valence-corrected chi connectivity index (χ1v) is 9.33. The first-order chi connectivity index (χ1) is 13.4. The van der Waals surface area contributed by atoms with Gasteiger partial charge in [0.05, 0.1) is 10.7 Å². The molecule has 1 heterocycles. The van der Waals surface area contributed by atoms with E-state index in [-0.39, 0.29) is 5.91 Å². The average molecular weight is 391 g/mol. The van der Waals surface area contributed by atoms with E-state index in [0.717, 1.165) is 33.4 Å². The van der Waals surface area contributed by atoms with Gasteiger partial charge in [0.2, 0.25) is 5.89 Å². The number of carbonyl (C=O) groups excluding carboxylic acids is 1. The Morgan fingerprint density at radius 3 is 2.43 bits per heavy atom. The number of anilines is 1. The summed E-state index contributed by atoms with van der Waals surface area (Å²) in [6, 6.07) is 16.9. The lowest BCUT2D eigenvalue weighted by Crippen LogP contribution is -2.12. The molecule has 0 aliphatic heterocycles. The molecule has 1 aromatic heterocycles. The van der Waals surface area contributed by atoms with Crippen molar-refractivity contribution in [3.63, 3.8) is 0 Å². The van der Waals surface area contributed by atoms with Gasteiger partial charge < -0.3 is 9.73 Å². The molecule has 0 bridgehead atoms. The normalized spacial score (nSPS) is 11.0. The third-order valence-corrected chi connectivity index (χ3v) is 4.82. The Morgan fingerprint density at radius 1 is 0.929 bits per heavy atom. The number of aromatic nitrogens is 1. The van der Waals surface area contributed by atoms with Crippen molar-refractivity contribution in [2.24, 2.45) is 0 Å². The van der Waals surface area contributed by atoms with E-state index in [1.54, 1.807) is 12.1 Å². The molecule has 4 rings (SSSR count). The topological polar surface area (TPSA) is 55.1 Å². The van der Waals surface area contributed by atoms with Gasteiger partial charge in [-0.1, -0.05) is 34.9 Å². The Morgan fingerprint density at radius 2 is 1.68 bits per heavy atom. The molecule has 1 N–H and O–H groups in total. The molecule has 0 saturated carbocycles. The third-order valence-electron chi connectivity index (χ3n) is 4.49. The van der Waals surface area contributed by atoms with Crippen molar-refractivity contribution in [1.82, 2.24) is 4.98 Å². The van der Waals surface area contributed by atoms with Crippen LogP contribution in [0.15, 0.2) is 59.0 Å². The zero-order chi connectivity index (χ0) is 19.8. The number of aryl methyl sites for hydroxylation is 3. The number of carbonyl (C=O) groups is 1. The average Bonchev–Trinajstić information content (AvgIpc) is 3.05. The lowest BCUT2D eigenvalue weighted by atomic mass is 10.1. The van der Waals surface area contributed by atoms with Gasteiger partial charge in [-0.2, -0.15) is 0 Å². The van der Waals surface area contributed by atoms with Crippen LogP contribution in [0.3, 0.4) is 0 Å². The molecule has 5 heteroatoms. The second-order valence-corrected chi connectivity index (χ2v) is 7.42. The molecule has 0 fully saturated rings. The van der Waals surface area contributed by atoms with Gasteiger partial charge in [0, 0.05) is 11.1 Å². The first-order valence-electron chi connectivity index (χ1n) is 8.96. The van der Waals surface area contributed by atoms with Crippen molar-refractivity contribution in [1.29, 1.82) is 0 Å². The van der Waals surface area contributed by atoms with Gasteiger partial charge in [-0.05, 0) is 68.8 Å². The maximum Gasteiger partial charge on any atom is 0.255 e. The SMILES string of the molecule is Cc1cc(C)cc(C(=O)Nc2cc(-c3nc4ccc(C)cc4o3)ccc2Cl)c1. The van der Waals surface area contributed by atoms with Crippen molar-refractivity contribution in [3.8, 4) is 11.5 Å². The van der Waals surface area contributed by atoms with Gasteiger partial charge in [0.1, 0.15) is 5.52 Å². The quantitative estimate of drug-likeness (QED) is 0.445. The van der Waals surface area contributed by atoms with Crippen LogP contribution in [0.25, 0.3) is 22.6 Å². The molecule has 0 spiro atoms. The van der Waals surface area contributed by atoms with Crippen LogP contribution in [0.4, 0.5) is 5.69 Å². The van der Waals surface area contributed by atoms with E-state index in [1.165, 1.54) is 0 Å². The van der Waals surface area contributed by atoms with E-state index in [0.29, 0.717) is 22.2 Å². The maximum atomic E-state index is 12.7. The van der Waals surface area contributed by atoms with E-state index in [4.69, 9.17) is 16.0 Å². The fraction of sp³-hybridized carbons (Fsp3) is 0.130. The fourth-order valence-corrected chi connectivity index (χ4v) is 3.37. The Hall–Kier alpha value is -3.11. The smallest absolute Gasteiger partial charge is 0.255 e. The molecule has 0 aliphatic rings. The van der Waals surface area contributed by atoms with E-state index in [9.17, 15) is 4.79 Å². The Balaban J connectivity index is 1.67. The van der Waals surface area contributed by atoms with Crippen LogP contribution in [-0.4, -0.2) is 10.9 Å². The summed E-state index contributed by atoms with van der Waals surface area (Å²) in [4.78, 5) is 17.2. The second-order valence-electron chi connectivity index (χ2n) is 7.02. The van der Waals surface area contributed by atoms with E-state index >= 15 is 0 Å². The zero-order valence-corrected chi connectivity index (χ0v) is 16.6. The van der Waals surface area contributed by atoms with E-state index in [1.807, 2.05) is 63.2 Å². The summed E-state index contributed by atoms with van der Waals surface area (Å²) in [5, 5.41) is 3.35. The van der Waals surface area contributed by atoms with E-state index < -0.39 is 0 Å². The number of halogens is 1. The standard InChI is InChI=1S/C23H19ClN2O2/c1-13-4-7-19-21(11-13)28-23(26-19)16-5-6-18(24)20(12-16)25-22(27)17-9-14(2)8-15(3)10-17/h4-12H,1-3H3,(H,25,27). The molecule has 0 radical (unpaired) electrons. The number of nitrogens with zero attached hydrogens (tertiary/aromatic N) is 1. The predicted molar refractivity (Wildman–Crippen MR) is 113 cm³/mol. The Kier molecular flexibility index (Phi) is 4.65. The van der Waals surface area contributed by atoms with Gasteiger partial charge in [-0.15, -0.1) is 0 Å². The molecule has 0 unspecified atom stereocenters. The van der Waals surface area contributed by atoms with Gasteiger partial charge in [0.25, 0.3) is 5.91 Å². The minimum absolute atomic E-state index is 0.209. The molecule has 0 atom stereocenters. The number of hydrogen-bond acceptors (Lipinski definition) is 3. The number of benzene rings is 3. The van der Waals surface area contributed by atoms with Crippen LogP contribution in [0.1, 0.15) is 27.0 Å². The van der Waals surface area contributed by atoms with Crippen molar-refractivity contribution in [2.75, 3.05) is 5.32 Å². The van der Waals surface area contributed by atoms with Crippen LogP contribution in [-0.2, 0) is 0 Å². The molecular formula is C23H19ClN2O2. The van der Waals surface area contributed by atoms with Crippen molar-refractivity contribution < 1.29 is 9.21 Å². The summed E-state index contributed by atoms with van der Waals surface area (Å²) >= 11 is 6.31. The van der Waals surface area contributed by atoms with Gasteiger partial charge >= 0.3 is 0 Å². The minimum Gasteiger partial charge on any atom is -0.436 e. The summed E-state index contributed by atoms with van der Waals surface area (Å²) in [6.45, 7) is 5.93. The molecule has 0 aliphatic carbocycles. The maximum absolute atomic E-state index is 12.7. The highest BCUT2D eigenvalue weighted by atomic mass is 35.5. The molecular weight excluding hydrogens is 372 g/mol. The molecule has 1 amide bonds. The first kappa shape index (κ1) is 18.3. The minimum atomic E-state index is -0.209. The van der Waals surface area contributed by atoms with Crippen LogP contribution in [0.5, 0.6) is 0 Å². The highest BCUT2D eigenvalue weighted by Crippen LogP contribution is 2.31. The molecule has 4 nitrogen and oxygen atoms in total. The van der Waals surface area contributed by atoms with Crippen molar-refractivity contribution in [2.45, 2.75) is 20.8 Å². The molecule has 0 saturated heterocycles. The Labute approximate surface area is 168 Å². The third kappa shape index (κ3) is 3.64. The highest BCUT2D eigenvalue weighted by Gasteiger charge is 2.14. The van der Waals surface area contributed by atoms with Crippen LogP contribution >= 0.6 is 11.6 Å². The van der Waals surface area contributed by atoms with Crippen molar-refractivity contribution >= 4 is 34.3 Å². The van der Waals surface area contributed by atoms with E-state index in [2.05, 4.69) is 10.3 Å².